The number of benzene rings is 2. The first kappa shape index (κ1) is 22.8. The van der Waals surface area contributed by atoms with Gasteiger partial charge in [0, 0.05) is 33.7 Å². The zero-order valence-electron chi connectivity index (χ0n) is 20.1. The van der Waals surface area contributed by atoms with Crippen molar-refractivity contribution in [2.45, 2.75) is 26.8 Å². The van der Waals surface area contributed by atoms with E-state index in [0.29, 0.717) is 29.1 Å². The number of fused-ring (bicyclic) bond motifs is 1. The van der Waals surface area contributed by atoms with Crippen molar-refractivity contribution < 1.29 is 13.9 Å². The van der Waals surface area contributed by atoms with E-state index in [1.165, 1.54) is 4.88 Å². The lowest BCUT2D eigenvalue weighted by Gasteiger charge is -2.16. The third kappa shape index (κ3) is 4.54. The first-order chi connectivity index (χ1) is 16.9. The number of methoxy groups -OCH3 is 2. The van der Waals surface area contributed by atoms with E-state index in [1.807, 2.05) is 31.2 Å². The van der Waals surface area contributed by atoms with E-state index in [-0.39, 0.29) is 6.04 Å². The molecule has 3 aromatic heterocycles. The number of rotatable bonds is 7. The minimum Gasteiger partial charge on any atom is -0.493 e. The highest BCUT2D eigenvalue weighted by Crippen LogP contribution is 2.37. The lowest BCUT2D eigenvalue weighted by atomic mass is 10.1. The maximum absolute atomic E-state index is 5.59. The number of nitrogens with one attached hydrogen (secondary N) is 1. The van der Waals surface area contributed by atoms with Crippen LogP contribution in [0.1, 0.15) is 29.6 Å². The van der Waals surface area contributed by atoms with Crippen molar-refractivity contribution in [3.8, 4) is 33.4 Å². The SMILES string of the molecule is COc1cc2nc(C)nc(NC(C)c3ccc(-c4cccc(-c5nnc(C)o5)c4)s3)c2cc1OC. The monoisotopic (exact) mass is 487 g/mol. The van der Waals surface area contributed by atoms with Gasteiger partial charge in [0.05, 0.1) is 25.8 Å². The number of nitrogens with zero attached hydrogens (tertiary/aromatic N) is 4. The van der Waals surface area contributed by atoms with Crippen molar-refractivity contribution in [3.05, 3.63) is 65.1 Å². The molecule has 1 N–H and O–H groups in total. The Morgan fingerprint density at radius 3 is 2.43 bits per heavy atom. The van der Waals surface area contributed by atoms with E-state index in [4.69, 9.17) is 13.9 Å². The Kier molecular flexibility index (Phi) is 6.08. The second-order valence-electron chi connectivity index (χ2n) is 8.12. The molecule has 0 bridgehead atoms. The first-order valence-corrected chi connectivity index (χ1v) is 11.9. The predicted octanol–water partition coefficient (Wildman–Crippen LogP) is 6.22. The van der Waals surface area contributed by atoms with Crippen LogP contribution < -0.4 is 14.8 Å². The number of aromatic nitrogens is 4. The van der Waals surface area contributed by atoms with Crippen molar-refractivity contribution in [3.63, 3.8) is 0 Å². The summed E-state index contributed by atoms with van der Waals surface area (Å²) >= 11 is 1.73. The molecule has 0 aliphatic rings. The largest absolute Gasteiger partial charge is 0.493 e. The lowest BCUT2D eigenvalue weighted by molar-refractivity contribution is 0.356. The molecule has 2 aromatic carbocycles. The Balaban J connectivity index is 1.43. The maximum atomic E-state index is 5.59. The van der Waals surface area contributed by atoms with E-state index in [0.717, 1.165) is 32.7 Å². The van der Waals surface area contributed by atoms with Crippen molar-refractivity contribution in [2.24, 2.45) is 0 Å². The van der Waals surface area contributed by atoms with Crippen LogP contribution in [0.5, 0.6) is 11.5 Å². The van der Waals surface area contributed by atoms with Crippen LogP contribution >= 0.6 is 11.3 Å². The third-order valence-corrected chi connectivity index (χ3v) is 6.96. The van der Waals surface area contributed by atoms with Gasteiger partial charge >= 0.3 is 0 Å². The fourth-order valence-corrected chi connectivity index (χ4v) is 4.92. The van der Waals surface area contributed by atoms with Crippen molar-refractivity contribution in [1.82, 2.24) is 20.2 Å². The van der Waals surface area contributed by atoms with Crippen LogP contribution in [0.15, 0.2) is 52.9 Å². The standard InChI is InChI=1S/C26H25N5O3S/c1-14(27-25-19-12-21(32-4)22(33-5)13-20(19)28-15(2)29-25)23-9-10-24(35-23)17-7-6-8-18(11-17)26-31-30-16(3)34-26/h6-14H,1-5H3,(H,27,28,29). The minimum atomic E-state index is 0.0288. The molecule has 0 saturated heterocycles. The van der Waals surface area contributed by atoms with Gasteiger partial charge in [-0.1, -0.05) is 12.1 Å². The molecule has 178 valence electrons. The van der Waals surface area contributed by atoms with Crippen LogP contribution in [-0.2, 0) is 0 Å². The highest BCUT2D eigenvalue weighted by atomic mass is 32.1. The summed E-state index contributed by atoms with van der Waals surface area (Å²) in [6.07, 6.45) is 0. The number of aryl methyl sites for hydroxylation is 2. The Morgan fingerprint density at radius 1 is 0.914 bits per heavy atom. The molecule has 0 radical (unpaired) electrons. The molecule has 9 heteroatoms. The van der Waals surface area contributed by atoms with E-state index >= 15 is 0 Å². The molecular weight excluding hydrogens is 462 g/mol. The summed E-state index contributed by atoms with van der Waals surface area (Å²) in [6.45, 7) is 5.79. The molecule has 3 heterocycles. The Hall–Kier alpha value is -3.98. The molecule has 0 aliphatic heterocycles. The van der Waals surface area contributed by atoms with Crippen molar-refractivity contribution in [1.29, 1.82) is 0 Å². The van der Waals surface area contributed by atoms with Crippen LogP contribution in [0.3, 0.4) is 0 Å². The number of ether oxygens (including phenoxy) is 2. The summed E-state index contributed by atoms with van der Waals surface area (Å²) in [4.78, 5) is 11.6. The predicted molar refractivity (Wildman–Crippen MR) is 137 cm³/mol. The zero-order valence-corrected chi connectivity index (χ0v) is 20.9. The normalized spacial score (nSPS) is 12.0. The molecule has 0 spiro atoms. The van der Waals surface area contributed by atoms with Gasteiger partial charge < -0.3 is 19.2 Å². The molecule has 0 fully saturated rings. The summed E-state index contributed by atoms with van der Waals surface area (Å²) in [5.41, 5.74) is 2.79. The highest BCUT2D eigenvalue weighted by molar-refractivity contribution is 7.15. The van der Waals surface area contributed by atoms with Gasteiger partial charge in [0.25, 0.3) is 0 Å². The summed E-state index contributed by atoms with van der Waals surface area (Å²) in [5, 5.41) is 12.5. The highest BCUT2D eigenvalue weighted by Gasteiger charge is 2.16. The van der Waals surface area contributed by atoms with E-state index in [1.54, 1.807) is 32.5 Å². The van der Waals surface area contributed by atoms with Crippen LogP contribution in [0, 0.1) is 13.8 Å². The van der Waals surface area contributed by atoms with E-state index < -0.39 is 0 Å². The second-order valence-corrected chi connectivity index (χ2v) is 9.23. The van der Waals surface area contributed by atoms with Crippen molar-refractivity contribution >= 4 is 28.1 Å². The zero-order chi connectivity index (χ0) is 24.5. The fourth-order valence-electron chi connectivity index (χ4n) is 3.92. The number of hydrogen-bond acceptors (Lipinski definition) is 9. The average molecular weight is 488 g/mol. The summed E-state index contributed by atoms with van der Waals surface area (Å²) in [5.74, 6) is 3.78. The van der Waals surface area contributed by atoms with Gasteiger partial charge in [-0.15, -0.1) is 21.5 Å². The van der Waals surface area contributed by atoms with E-state index in [9.17, 15) is 0 Å². The van der Waals surface area contributed by atoms with Gasteiger partial charge in [-0.25, -0.2) is 9.97 Å². The molecule has 0 amide bonds. The van der Waals surface area contributed by atoms with Crippen LogP contribution in [0.25, 0.3) is 32.8 Å². The number of anilines is 1. The summed E-state index contributed by atoms with van der Waals surface area (Å²) in [7, 11) is 3.24. The van der Waals surface area contributed by atoms with E-state index in [2.05, 4.69) is 56.7 Å². The summed E-state index contributed by atoms with van der Waals surface area (Å²) in [6, 6.07) is 16.2. The molecule has 35 heavy (non-hydrogen) atoms. The van der Waals surface area contributed by atoms with Gasteiger partial charge in [-0.3, -0.25) is 0 Å². The lowest BCUT2D eigenvalue weighted by Crippen LogP contribution is -2.08. The van der Waals surface area contributed by atoms with Crippen LogP contribution in [-0.4, -0.2) is 34.4 Å². The molecule has 1 unspecified atom stereocenters. The quantitative estimate of drug-likeness (QED) is 0.289. The van der Waals surface area contributed by atoms with Gasteiger partial charge in [-0.05, 0) is 49.7 Å². The third-order valence-electron chi connectivity index (χ3n) is 5.64. The Morgan fingerprint density at radius 2 is 1.69 bits per heavy atom. The average Bonchev–Trinajstić information content (AvgIpc) is 3.53. The molecular formula is C26H25N5O3S. The molecule has 0 aliphatic carbocycles. The van der Waals surface area contributed by atoms with Gasteiger partial charge in [0.15, 0.2) is 11.5 Å². The molecule has 5 rings (SSSR count). The van der Waals surface area contributed by atoms with Gasteiger partial charge in [-0.2, -0.15) is 0 Å². The molecule has 0 saturated carbocycles. The van der Waals surface area contributed by atoms with Crippen LogP contribution in [0.4, 0.5) is 5.82 Å². The molecule has 1 atom stereocenters. The Bertz CT molecular complexity index is 1510. The topological polar surface area (TPSA) is 95.2 Å². The first-order valence-electron chi connectivity index (χ1n) is 11.1. The second kappa shape index (κ2) is 9.34. The minimum absolute atomic E-state index is 0.0288. The molecule has 8 nitrogen and oxygen atoms in total. The van der Waals surface area contributed by atoms with Gasteiger partial charge in [0.2, 0.25) is 11.8 Å². The fraction of sp³-hybridized carbons (Fsp3) is 0.231. The number of hydrogen-bond donors (Lipinski definition) is 1. The van der Waals surface area contributed by atoms with Crippen molar-refractivity contribution in [2.75, 3.05) is 19.5 Å². The van der Waals surface area contributed by atoms with Crippen LogP contribution in [0.2, 0.25) is 0 Å². The van der Waals surface area contributed by atoms with Gasteiger partial charge in [0.1, 0.15) is 11.6 Å². The summed E-state index contributed by atoms with van der Waals surface area (Å²) < 4.78 is 16.5. The smallest absolute Gasteiger partial charge is 0.247 e. The maximum Gasteiger partial charge on any atom is 0.247 e. The molecule has 5 aromatic rings. The number of thiophene rings is 1. The Labute approximate surface area is 207 Å².